The summed E-state index contributed by atoms with van der Waals surface area (Å²) in [5.74, 6) is 0.926. The number of aromatic amines is 1. The second kappa shape index (κ2) is 11.6. The summed E-state index contributed by atoms with van der Waals surface area (Å²) in [7, 11) is 0. The van der Waals surface area contributed by atoms with Gasteiger partial charge in [0.1, 0.15) is 0 Å². The molecule has 0 amide bonds. The van der Waals surface area contributed by atoms with Crippen LogP contribution in [-0.4, -0.2) is 55.1 Å². The van der Waals surface area contributed by atoms with Crippen LogP contribution in [-0.2, 0) is 6.42 Å². The molecule has 0 spiro atoms. The van der Waals surface area contributed by atoms with E-state index in [-0.39, 0.29) is 0 Å². The molecule has 3 N–H and O–H groups in total. The zero-order chi connectivity index (χ0) is 18.6. The first-order valence-corrected chi connectivity index (χ1v) is 10.1. The third kappa shape index (κ3) is 6.37. The number of hydrogen-bond donors (Lipinski definition) is 3. The summed E-state index contributed by atoms with van der Waals surface area (Å²) < 4.78 is 0. The van der Waals surface area contributed by atoms with Crippen LogP contribution in [0.1, 0.15) is 39.2 Å². The molecule has 1 aromatic heterocycles. The Morgan fingerprint density at radius 2 is 1.88 bits per heavy atom. The molecule has 5 heteroatoms. The minimum absolute atomic E-state index is 0.879. The molecule has 1 aromatic carbocycles. The van der Waals surface area contributed by atoms with Crippen LogP contribution in [0.2, 0.25) is 0 Å². The zero-order valence-corrected chi connectivity index (χ0v) is 16.6. The number of aromatic nitrogens is 1. The van der Waals surface area contributed by atoms with Crippen molar-refractivity contribution in [1.29, 1.82) is 0 Å². The lowest BCUT2D eigenvalue weighted by molar-refractivity contribution is 0.297. The maximum absolute atomic E-state index is 4.71. The van der Waals surface area contributed by atoms with Gasteiger partial charge >= 0.3 is 0 Å². The van der Waals surface area contributed by atoms with Gasteiger partial charge in [0.05, 0.1) is 0 Å². The quantitative estimate of drug-likeness (QED) is 0.328. The van der Waals surface area contributed by atoms with Gasteiger partial charge in [0.15, 0.2) is 5.96 Å². The average Bonchev–Trinajstić information content (AvgIpc) is 3.08. The van der Waals surface area contributed by atoms with Crippen LogP contribution < -0.4 is 10.6 Å². The first kappa shape index (κ1) is 20.3. The van der Waals surface area contributed by atoms with Gasteiger partial charge in [-0.1, -0.05) is 32.0 Å². The van der Waals surface area contributed by atoms with E-state index in [2.05, 4.69) is 71.8 Å². The largest absolute Gasteiger partial charge is 0.361 e. The minimum atomic E-state index is 0.879. The summed E-state index contributed by atoms with van der Waals surface area (Å²) in [4.78, 5) is 10.5. The summed E-state index contributed by atoms with van der Waals surface area (Å²) in [5, 5.41) is 8.12. The molecule has 0 bridgehead atoms. The molecule has 5 nitrogen and oxygen atoms in total. The lowest BCUT2D eigenvalue weighted by atomic mass is 10.1. The smallest absolute Gasteiger partial charge is 0.191 e. The van der Waals surface area contributed by atoms with Gasteiger partial charge in [-0.2, -0.15) is 0 Å². The molecular weight excluding hydrogens is 322 g/mol. The van der Waals surface area contributed by atoms with E-state index < -0.39 is 0 Å². The molecule has 1 heterocycles. The normalized spacial score (nSPS) is 12.1. The highest BCUT2D eigenvalue weighted by Gasteiger charge is 2.03. The molecule has 0 aliphatic rings. The molecule has 0 aliphatic carbocycles. The van der Waals surface area contributed by atoms with E-state index in [9.17, 15) is 0 Å². The molecule has 2 aromatic rings. The third-order valence-corrected chi connectivity index (χ3v) is 4.75. The minimum Gasteiger partial charge on any atom is -0.361 e. The molecule has 26 heavy (non-hydrogen) atoms. The molecule has 0 saturated heterocycles. The molecular formula is C21H35N5. The number of unbranched alkanes of at least 4 members (excludes halogenated alkanes) is 1. The fourth-order valence-electron chi connectivity index (χ4n) is 3.17. The van der Waals surface area contributed by atoms with Crippen molar-refractivity contribution in [3.05, 3.63) is 36.0 Å². The Kier molecular flexibility index (Phi) is 9.04. The number of fused-ring (bicyclic) bond motifs is 1. The Balaban J connectivity index is 1.74. The number of hydrogen-bond acceptors (Lipinski definition) is 2. The van der Waals surface area contributed by atoms with Crippen molar-refractivity contribution < 1.29 is 0 Å². The Hall–Kier alpha value is -2.01. The molecule has 0 unspecified atom stereocenters. The van der Waals surface area contributed by atoms with Gasteiger partial charge in [-0.3, -0.25) is 4.99 Å². The van der Waals surface area contributed by atoms with Crippen LogP contribution in [0.3, 0.4) is 0 Å². The Morgan fingerprint density at radius 3 is 2.65 bits per heavy atom. The highest BCUT2D eigenvalue weighted by atomic mass is 15.2. The summed E-state index contributed by atoms with van der Waals surface area (Å²) in [6, 6.07) is 8.46. The third-order valence-electron chi connectivity index (χ3n) is 4.75. The number of aliphatic imine (C=N–C) groups is 1. The fourth-order valence-corrected chi connectivity index (χ4v) is 3.17. The summed E-state index contributed by atoms with van der Waals surface area (Å²) in [5.41, 5.74) is 2.56. The van der Waals surface area contributed by atoms with Crippen LogP contribution in [0, 0.1) is 0 Å². The van der Waals surface area contributed by atoms with Crippen molar-refractivity contribution in [2.75, 3.05) is 39.3 Å². The van der Waals surface area contributed by atoms with Crippen molar-refractivity contribution in [2.45, 2.75) is 40.0 Å². The van der Waals surface area contributed by atoms with E-state index in [1.165, 1.54) is 29.4 Å². The number of benzene rings is 1. The number of nitrogens with zero attached hydrogens (tertiary/aromatic N) is 2. The van der Waals surface area contributed by atoms with Crippen molar-refractivity contribution >= 4 is 16.9 Å². The van der Waals surface area contributed by atoms with Crippen LogP contribution in [0.15, 0.2) is 35.5 Å². The molecule has 0 aliphatic heterocycles. The van der Waals surface area contributed by atoms with Crippen molar-refractivity contribution in [3.63, 3.8) is 0 Å². The Bertz CT molecular complexity index is 657. The topological polar surface area (TPSA) is 55.5 Å². The van der Waals surface area contributed by atoms with Crippen molar-refractivity contribution in [1.82, 2.24) is 20.5 Å². The number of H-pyrrole nitrogens is 1. The maximum Gasteiger partial charge on any atom is 0.191 e. The number of para-hydroxylation sites is 1. The van der Waals surface area contributed by atoms with E-state index in [1.54, 1.807) is 0 Å². The van der Waals surface area contributed by atoms with Gasteiger partial charge in [-0.15, -0.1) is 0 Å². The SMILES string of the molecule is CCNC(=NCCCCN(CC)CC)NCCc1c[nH]c2ccccc12. The van der Waals surface area contributed by atoms with Gasteiger partial charge in [-0.05, 0) is 57.5 Å². The first-order valence-electron chi connectivity index (χ1n) is 10.1. The summed E-state index contributed by atoms with van der Waals surface area (Å²) in [6.45, 7) is 12.7. The molecule has 0 fully saturated rings. The number of rotatable bonds is 11. The van der Waals surface area contributed by atoms with Gasteiger partial charge < -0.3 is 20.5 Å². The second-order valence-corrected chi connectivity index (χ2v) is 6.53. The summed E-state index contributed by atoms with van der Waals surface area (Å²) >= 11 is 0. The molecule has 0 saturated carbocycles. The predicted molar refractivity (Wildman–Crippen MR) is 113 cm³/mol. The van der Waals surface area contributed by atoms with Gasteiger partial charge in [-0.25, -0.2) is 0 Å². The Morgan fingerprint density at radius 1 is 1.08 bits per heavy atom. The fraction of sp³-hybridized carbons (Fsp3) is 0.571. The monoisotopic (exact) mass is 357 g/mol. The molecule has 0 atom stereocenters. The maximum atomic E-state index is 4.71. The first-order chi connectivity index (χ1) is 12.8. The number of guanidine groups is 1. The van der Waals surface area contributed by atoms with E-state index in [0.29, 0.717) is 0 Å². The summed E-state index contributed by atoms with van der Waals surface area (Å²) in [6.07, 6.45) is 5.44. The second-order valence-electron chi connectivity index (χ2n) is 6.53. The highest BCUT2D eigenvalue weighted by Crippen LogP contribution is 2.17. The van der Waals surface area contributed by atoms with Crippen molar-refractivity contribution in [3.8, 4) is 0 Å². The zero-order valence-electron chi connectivity index (χ0n) is 16.6. The van der Waals surface area contributed by atoms with Crippen LogP contribution in [0.4, 0.5) is 0 Å². The van der Waals surface area contributed by atoms with Crippen molar-refractivity contribution in [2.24, 2.45) is 4.99 Å². The number of nitrogens with one attached hydrogen (secondary N) is 3. The van der Waals surface area contributed by atoms with Gasteiger partial charge in [0.2, 0.25) is 0 Å². The van der Waals surface area contributed by atoms with E-state index in [0.717, 1.165) is 51.5 Å². The lowest BCUT2D eigenvalue weighted by Crippen LogP contribution is -2.38. The van der Waals surface area contributed by atoms with Gasteiger partial charge in [0.25, 0.3) is 0 Å². The highest BCUT2D eigenvalue weighted by molar-refractivity contribution is 5.83. The molecule has 0 radical (unpaired) electrons. The predicted octanol–water partition coefficient (Wildman–Crippen LogP) is 3.39. The van der Waals surface area contributed by atoms with E-state index in [4.69, 9.17) is 4.99 Å². The van der Waals surface area contributed by atoms with E-state index in [1.807, 2.05) is 0 Å². The average molecular weight is 358 g/mol. The molecule has 144 valence electrons. The van der Waals surface area contributed by atoms with Crippen LogP contribution in [0.25, 0.3) is 10.9 Å². The van der Waals surface area contributed by atoms with Gasteiger partial charge in [0, 0.05) is 36.7 Å². The molecule has 2 rings (SSSR count). The standard InChI is InChI=1S/C21H35N5/c1-4-22-21(23-14-9-10-16-26(5-2)6-3)24-15-13-18-17-25-20-12-8-7-11-19(18)20/h7-8,11-12,17,25H,4-6,9-10,13-16H2,1-3H3,(H2,22,23,24). The Labute approximate surface area is 158 Å². The van der Waals surface area contributed by atoms with Crippen LogP contribution >= 0.6 is 0 Å². The van der Waals surface area contributed by atoms with E-state index >= 15 is 0 Å². The van der Waals surface area contributed by atoms with Crippen LogP contribution in [0.5, 0.6) is 0 Å². The lowest BCUT2D eigenvalue weighted by Gasteiger charge is -2.17.